The summed E-state index contributed by atoms with van der Waals surface area (Å²) in [5.74, 6) is -0.320. The van der Waals surface area contributed by atoms with Crippen molar-refractivity contribution in [3.05, 3.63) is 29.8 Å². The zero-order valence-electron chi connectivity index (χ0n) is 10.3. The third-order valence-corrected chi connectivity index (χ3v) is 1.85. The maximum absolute atomic E-state index is 11.4. The molecule has 0 bridgehead atoms. The maximum Gasteiger partial charge on any atom is 0.325 e. The molecule has 0 aromatic heterocycles. The van der Waals surface area contributed by atoms with Crippen molar-refractivity contribution in [3.8, 4) is 6.07 Å². The lowest BCUT2D eigenvalue weighted by molar-refractivity contribution is -0.152. The van der Waals surface area contributed by atoms with E-state index >= 15 is 0 Å². The molecule has 1 aromatic carbocycles. The Hall–Kier alpha value is -2.02. The molecule has 17 heavy (non-hydrogen) atoms. The molecule has 90 valence electrons. The molecule has 0 saturated heterocycles. The number of hydrogen-bond donors (Lipinski definition) is 1. The number of nitrogens with zero attached hydrogens (tertiary/aromatic N) is 1. The van der Waals surface area contributed by atoms with Crippen LogP contribution in [0.4, 0.5) is 5.69 Å². The minimum atomic E-state index is -0.479. The number of nitrogens with one attached hydrogen (secondary N) is 1. The number of carbonyl (C=O) groups excluding carboxylic acids is 1. The van der Waals surface area contributed by atoms with Crippen molar-refractivity contribution in [2.24, 2.45) is 0 Å². The van der Waals surface area contributed by atoms with E-state index in [0.717, 1.165) is 5.69 Å². The van der Waals surface area contributed by atoms with E-state index in [1.165, 1.54) is 0 Å². The van der Waals surface area contributed by atoms with Crippen LogP contribution in [0, 0.1) is 11.3 Å². The van der Waals surface area contributed by atoms with Gasteiger partial charge < -0.3 is 10.1 Å². The highest BCUT2D eigenvalue weighted by Crippen LogP contribution is 2.10. The van der Waals surface area contributed by atoms with Crippen LogP contribution in [0.2, 0.25) is 0 Å². The number of hydrogen-bond acceptors (Lipinski definition) is 4. The van der Waals surface area contributed by atoms with E-state index in [4.69, 9.17) is 10.00 Å². The van der Waals surface area contributed by atoms with Gasteiger partial charge in [-0.05, 0) is 39.0 Å². The number of nitriles is 1. The highest BCUT2D eigenvalue weighted by Gasteiger charge is 2.15. The number of esters is 1. The van der Waals surface area contributed by atoms with Crippen LogP contribution in [-0.4, -0.2) is 18.1 Å². The SMILES string of the molecule is CC(C)(C)OC(=O)CNc1cccc(C#N)c1. The first kappa shape index (κ1) is 13.0. The molecule has 0 radical (unpaired) electrons. The summed E-state index contributed by atoms with van der Waals surface area (Å²) in [7, 11) is 0. The number of anilines is 1. The Kier molecular flexibility index (Phi) is 4.11. The molecule has 0 atom stereocenters. The van der Waals surface area contributed by atoms with Gasteiger partial charge in [-0.15, -0.1) is 0 Å². The fraction of sp³-hybridized carbons (Fsp3) is 0.385. The highest BCUT2D eigenvalue weighted by atomic mass is 16.6. The summed E-state index contributed by atoms with van der Waals surface area (Å²) in [4.78, 5) is 11.4. The molecule has 0 aliphatic heterocycles. The summed E-state index contributed by atoms with van der Waals surface area (Å²) in [6.45, 7) is 5.55. The lowest BCUT2D eigenvalue weighted by atomic mass is 10.2. The number of benzene rings is 1. The minimum Gasteiger partial charge on any atom is -0.459 e. The number of rotatable bonds is 3. The van der Waals surface area contributed by atoms with Crippen molar-refractivity contribution in [1.82, 2.24) is 0 Å². The summed E-state index contributed by atoms with van der Waals surface area (Å²) < 4.78 is 5.15. The summed E-state index contributed by atoms with van der Waals surface area (Å²) in [5, 5.41) is 11.6. The molecule has 4 nitrogen and oxygen atoms in total. The number of ether oxygens (including phenoxy) is 1. The largest absolute Gasteiger partial charge is 0.459 e. The molecule has 0 spiro atoms. The zero-order valence-corrected chi connectivity index (χ0v) is 10.3. The Morgan fingerprint density at radius 1 is 1.47 bits per heavy atom. The molecule has 0 saturated carbocycles. The van der Waals surface area contributed by atoms with Crippen molar-refractivity contribution in [2.45, 2.75) is 26.4 Å². The molecule has 4 heteroatoms. The average molecular weight is 232 g/mol. The average Bonchev–Trinajstić information content (AvgIpc) is 2.24. The second-order valence-electron chi connectivity index (χ2n) is 4.63. The van der Waals surface area contributed by atoms with Crippen molar-refractivity contribution in [1.29, 1.82) is 5.26 Å². The fourth-order valence-electron chi connectivity index (χ4n) is 1.25. The smallest absolute Gasteiger partial charge is 0.325 e. The standard InChI is InChI=1S/C13H16N2O2/c1-13(2,3)17-12(16)9-15-11-6-4-5-10(7-11)8-14/h4-7,15H,9H2,1-3H3. The molecule has 0 fully saturated rings. The van der Waals surface area contributed by atoms with Crippen LogP contribution in [0.25, 0.3) is 0 Å². The van der Waals surface area contributed by atoms with Gasteiger partial charge in [0, 0.05) is 5.69 Å². The van der Waals surface area contributed by atoms with Crippen molar-refractivity contribution < 1.29 is 9.53 Å². The molecule has 0 amide bonds. The van der Waals surface area contributed by atoms with Crippen molar-refractivity contribution in [3.63, 3.8) is 0 Å². The summed E-state index contributed by atoms with van der Waals surface area (Å²) in [6.07, 6.45) is 0. The third kappa shape index (κ3) is 5.03. The van der Waals surface area contributed by atoms with Crippen LogP contribution in [0.1, 0.15) is 26.3 Å². The van der Waals surface area contributed by atoms with Crippen molar-refractivity contribution in [2.75, 3.05) is 11.9 Å². The Morgan fingerprint density at radius 3 is 2.76 bits per heavy atom. The van der Waals surface area contributed by atoms with Gasteiger partial charge >= 0.3 is 5.97 Å². The van der Waals surface area contributed by atoms with Crippen LogP contribution in [-0.2, 0) is 9.53 Å². The molecule has 0 unspecified atom stereocenters. The Balaban J connectivity index is 2.51. The summed E-state index contributed by atoms with van der Waals surface area (Å²) >= 11 is 0. The molecular formula is C13H16N2O2. The van der Waals surface area contributed by atoms with E-state index in [0.29, 0.717) is 5.56 Å². The molecular weight excluding hydrogens is 216 g/mol. The van der Waals surface area contributed by atoms with Crippen LogP contribution < -0.4 is 5.32 Å². The van der Waals surface area contributed by atoms with Gasteiger partial charge in [-0.3, -0.25) is 4.79 Å². The lowest BCUT2D eigenvalue weighted by Crippen LogP contribution is -2.28. The highest BCUT2D eigenvalue weighted by molar-refractivity contribution is 5.75. The van der Waals surface area contributed by atoms with Gasteiger partial charge in [0.25, 0.3) is 0 Å². The first-order valence-corrected chi connectivity index (χ1v) is 5.36. The topological polar surface area (TPSA) is 62.1 Å². The van der Waals surface area contributed by atoms with E-state index < -0.39 is 5.60 Å². The van der Waals surface area contributed by atoms with Crippen molar-refractivity contribution >= 4 is 11.7 Å². The second-order valence-corrected chi connectivity index (χ2v) is 4.63. The Morgan fingerprint density at radius 2 is 2.18 bits per heavy atom. The molecule has 0 aliphatic carbocycles. The van der Waals surface area contributed by atoms with Gasteiger partial charge in [-0.2, -0.15) is 5.26 Å². The molecule has 1 rings (SSSR count). The lowest BCUT2D eigenvalue weighted by Gasteiger charge is -2.19. The van der Waals surface area contributed by atoms with Gasteiger partial charge in [0.2, 0.25) is 0 Å². The first-order valence-electron chi connectivity index (χ1n) is 5.36. The van der Waals surface area contributed by atoms with E-state index in [-0.39, 0.29) is 12.5 Å². The Labute approximate surface area is 101 Å². The Bertz CT molecular complexity index is 441. The maximum atomic E-state index is 11.4. The second kappa shape index (κ2) is 5.35. The normalized spacial score (nSPS) is 10.5. The van der Waals surface area contributed by atoms with E-state index in [1.54, 1.807) is 24.3 Å². The van der Waals surface area contributed by atoms with Crippen LogP contribution >= 0.6 is 0 Å². The molecule has 1 N–H and O–H groups in total. The minimum absolute atomic E-state index is 0.0894. The van der Waals surface area contributed by atoms with Gasteiger partial charge in [-0.25, -0.2) is 0 Å². The summed E-state index contributed by atoms with van der Waals surface area (Å²) in [6, 6.07) is 8.99. The van der Waals surface area contributed by atoms with Gasteiger partial charge in [0.05, 0.1) is 11.6 Å². The predicted molar refractivity (Wildman–Crippen MR) is 65.5 cm³/mol. The third-order valence-electron chi connectivity index (χ3n) is 1.85. The van der Waals surface area contributed by atoms with Crippen LogP contribution in [0.3, 0.4) is 0 Å². The zero-order chi connectivity index (χ0) is 12.9. The van der Waals surface area contributed by atoms with E-state index in [1.807, 2.05) is 26.8 Å². The molecule has 0 aliphatic rings. The molecule has 1 aromatic rings. The predicted octanol–water partition coefficient (Wildman–Crippen LogP) is 2.31. The van der Waals surface area contributed by atoms with Gasteiger partial charge in [0.15, 0.2) is 0 Å². The van der Waals surface area contributed by atoms with Crippen LogP contribution in [0.15, 0.2) is 24.3 Å². The van der Waals surface area contributed by atoms with Crippen LogP contribution in [0.5, 0.6) is 0 Å². The van der Waals surface area contributed by atoms with E-state index in [2.05, 4.69) is 5.32 Å². The fourth-order valence-corrected chi connectivity index (χ4v) is 1.25. The molecule has 0 heterocycles. The first-order chi connectivity index (χ1) is 7.90. The summed E-state index contributed by atoms with van der Waals surface area (Å²) in [5.41, 5.74) is 0.807. The van der Waals surface area contributed by atoms with Gasteiger partial charge in [0.1, 0.15) is 12.1 Å². The monoisotopic (exact) mass is 232 g/mol. The van der Waals surface area contributed by atoms with Gasteiger partial charge in [-0.1, -0.05) is 6.07 Å². The van der Waals surface area contributed by atoms with E-state index in [9.17, 15) is 4.79 Å². The number of carbonyl (C=O) groups is 1. The quantitative estimate of drug-likeness (QED) is 0.812.